The van der Waals surface area contributed by atoms with Crippen molar-refractivity contribution in [3.8, 4) is 0 Å². The van der Waals surface area contributed by atoms with Crippen LogP contribution in [-0.4, -0.2) is 41.1 Å². The third kappa shape index (κ3) is 5.50. The molecule has 1 aromatic rings. The third-order valence-electron chi connectivity index (χ3n) is 2.78. The maximum Gasteiger partial charge on any atom is 0.232 e. The van der Waals surface area contributed by atoms with Crippen LogP contribution in [0, 0.1) is 10.1 Å². The Bertz CT molecular complexity index is 399. The molecule has 106 valence electrons. The van der Waals surface area contributed by atoms with Crippen LogP contribution in [0.4, 0.5) is 0 Å². The van der Waals surface area contributed by atoms with Gasteiger partial charge in [-0.1, -0.05) is 24.6 Å². The summed E-state index contributed by atoms with van der Waals surface area (Å²) in [6, 6.07) is 3.61. The summed E-state index contributed by atoms with van der Waals surface area (Å²) in [7, 11) is 1.73. The number of nitrogens with zero attached hydrogens (tertiary/aromatic N) is 3. The fourth-order valence-corrected chi connectivity index (χ4v) is 2.01. The van der Waals surface area contributed by atoms with Crippen LogP contribution in [0.15, 0.2) is 18.3 Å². The van der Waals surface area contributed by atoms with Gasteiger partial charge >= 0.3 is 0 Å². The molecule has 19 heavy (non-hydrogen) atoms. The highest BCUT2D eigenvalue weighted by atomic mass is 35.5. The number of halogens is 1. The summed E-state index contributed by atoms with van der Waals surface area (Å²) in [5.74, 6) is 0. The minimum absolute atomic E-state index is 0.127. The zero-order valence-electron chi connectivity index (χ0n) is 11.2. The Morgan fingerprint density at radius 2 is 2.32 bits per heavy atom. The summed E-state index contributed by atoms with van der Waals surface area (Å²) < 4.78 is 0. The van der Waals surface area contributed by atoms with Crippen molar-refractivity contribution in [3.05, 3.63) is 39.2 Å². The average molecular weight is 287 g/mol. The van der Waals surface area contributed by atoms with Crippen LogP contribution >= 0.6 is 11.6 Å². The Hall–Kier alpha value is -1.24. The molecule has 1 unspecified atom stereocenters. The number of aromatic nitrogens is 1. The minimum atomic E-state index is -0.302. The summed E-state index contributed by atoms with van der Waals surface area (Å²) in [6.45, 7) is 3.31. The van der Waals surface area contributed by atoms with Gasteiger partial charge in [0.15, 0.2) is 0 Å². The van der Waals surface area contributed by atoms with Gasteiger partial charge < -0.3 is 0 Å². The van der Waals surface area contributed by atoms with Crippen molar-refractivity contribution in [1.29, 1.82) is 0 Å². The van der Waals surface area contributed by atoms with E-state index in [9.17, 15) is 10.1 Å². The van der Waals surface area contributed by atoms with Gasteiger partial charge in [0, 0.05) is 17.7 Å². The van der Waals surface area contributed by atoms with E-state index in [1.54, 1.807) is 19.3 Å². The van der Waals surface area contributed by atoms with E-state index in [2.05, 4.69) is 10.3 Å². The second-order valence-electron chi connectivity index (χ2n) is 4.28. The van der Waals surface area contributed by atoms with Gasteiger partial charge in [-0.05, 0) is 31.6 Å². The lowest BCUT2D eigenvalue weighted by Crippen LogP contribution is -2.48. The smallest absolute Gasteiger partial charge is 0.232 e. The van der Waals surface area contributed by atoms with E-state index in [0.717, 1.165) is 18.5 Å². The molecule has 0 radical (unpaired) electrons. The van der Waals surface area contributed by atoms with Crippen LogP contribution in [0.3, 0.4) is 0 Å². The molecule has 0 fully saturated rings. The lowest BCUT2D eigenvalue weighted by Gasteiger charge is -2.28. The molecule has 0 amide bonds. The fourth-order valence-electron chi connectivity index (χ4n) is 1.90. The van der Waals surface area contributed by atoms with Crippen molar-refractivity contribution >= 4 is 11.6 Å². The van der Waals surface area contributed by atoms with E-state index < -0.39 is 0 Å². The largest absolute Gasteiger partial charge is 0.299 e. The van der Waals surface area contributed by atoms with E-state index >= 15 is 0 Å². The first-order valence-corrected chi connectivity index (χ1v) is 6.58. The van der Waals surface area contributed by atoms with E-state index in [0.29, 0.717) is 11.7 Å². The van der Waals surface area contributed by atoms with Crippen LogP contribution in [-0.2, 0) is 6.54 Å². The molecule has 0 aliphatic rings. The van der Waals surface area contributed by atoms with Gasteiger partial charge in [0.05, 0.1) is 0 Å². The molecule has 0 aliphatic heterocycles. The molecular weight excluding hydrogens is 268 g/mol. The molecule has 0 aliphatic carbocycles. The van der Waals surface area contributed by atoms with Crippen LogP contribution in [0.1, 0.15) is 18.9 Å². The zero-order chi connectivity index (χ0) is 14.3. The van der Waals surface area contributed by atoms with Crippen molar-refractivity contribution in [2.45, 2.75) is 26.1 Å². The standard InChI is InChI=1S/C12H19ClN4O2/c1-3-6-16(12(14-2)9-17(18)19)8-10-4-5-11(13)15-7-10/h4-5,7,12,14H,3,6,8-9H2,1-2H3. The summed E-state index contributed by atoms with van der Waals surface area (Å²) >= 11 is 5.74. The number of likely N-dealkylation sites (N-methyl/N-ethyl adjacent to an activating group) is 1. The van der Waals surface area contributed by atoms with Gasteiger partial charge in [-0.3, -0.25) is 20.3 Å². The molecule has 0 bridgehead atoms. The molecule has 1 rings (SSSR count). The van der Waals surface area contributed by atoms with Gasteiger partial charge in [-0.25, -0.2) is 4.98 Å². The number of nitro groups is 1. The highest BCUT2D eigenvalue weighted by Gasteiger charge is 2.21. The summed E-state index contributed by atoms with van der Waals surface area (Å²) in [6.07, 6.45) is 2.34. The quantitative estimate of drug-likeness (QED) is 0.341. The lowest BCUT2D eigenvalue weighted by molar-refractivity contribution is -0.488. The van der Waals surface area contributed by atoms with E-state index in [4.69, 9.17) is 11.6 Å². The average Bonchev–Trinajstić information content (AvgIpc) is 2.38. The molecule has 7 heteroatoms. The Labute approximate surface area is 117 Å². The molecule has 1 heterocycles. The second-order valence-corrected chi connectivity index (χ2v) is 4.67. The van der Waals surface area contributed by atoms with Gasteiger partial charge in [0.2, 0.25) is 6.54 Å². The second kappa shape index (κ2) is 8.04. The SMILES string of the molecule is CCCN(Cc1ccc(Cl)nc1)C(C[N+](=O)[O-])NC. The van der Waals surface area contributed by atoms with Gasteiger partial charge in [-0.2, -0.15) is 0 Å². The van der Waals surface area contributed by atoms with Crippen molar-refractivity contribution in [2.75, 3.05) is 20.1 Å². The summed E-state index contributed by atoms with van der Waals surface area (Å²) in [4.78, 5) is 16.4. The summed E-state index contributed by atoms with van der Waals surface area (Å²) in [5, 5.41) is 14.1. The number of rotatable bonds is 8. The molecule has 0 aromatic carbocycles. The van der Waals surface area contributed by atoms with Crippen LogP contribution < -0.4 is 5.32 Å². The Morgan fingerprint density at radius 3 is 2.79 bits per heavy atom. The van der Waals surface area contributed by atoms with Crippen molar-refractivity contribution in [2.24, 2.45) is 0 Å². The molecule has 1 aromatic heterocycles. The van der Waals surface area contributed by atoms with Gasteiger partial charge in [0.25, 0.3) is 0 Å². The van der Waals surface area contributed by atoms with Crippen molar-refractivity contribution in [3.63, 3.8) is 0 Å². The van der Waals surface area contributed by atoms with E-state index in [1.165, 1.54) is 0 Å². The zero-order valence-corrected chi connectivity index (χ0v) is 11.9. The molecule has 6 nitrogen and oxygen atoms in total. The number of nitrogens with one attached hydrogen (secondary N) is 1. The van der Waals surface area contributed by atoms with Gasteiger partial charge in [-0.15, -0.1) is 0 Å². The van der Waals surface area contributed by atoms with E-state index in [1.807, 2.05) is 17.9 Å². The van der Waals surface area contributed by atoms with Crippen LogP contribution in [0.5, 0.6) is 0 Å². The fraction of sp³-hybridized carbons (Fsp3) is 0.583. The molecule has 0 saturated heterocycles. The van der Waals surface area contributed by atoms with Crippen molar-refractivity contribution in [1.82, 2.24) is 15.2 Å². The number of hydrogen-bond acceptors (Lipinski definition) is 5. The first-order chi connectivity index (χ1) is 9.06. The normalized spacial score (nSPS) is 12.6. The lowest BCUT2D eigenvalue weighted by atomic mass is 10.2. The molecule has 1 atom stereocenters. The molecular formula is C12H19ClN4O2. The van der Waals surface area contributed by atoms with E-state index in [-0.39, 0.29) is 17.6 Å². The van der Waals surface area contributed by atoms with Crippen molar-refractivity contribution < 1.29 is 4.92 Å². The highest BCUT2D eigenvalue weighted by molar-refractivity contribution is 6.29. The van der Waals surface area contributed by atoms with Crippen LogP contribution in [0.25, 0.3) is 0 Å². The Kier molecular flexibility index (Phi) is 6.69. The predicted molar refractivity (Wildman–Crippen MR) is 74.7 cm³/mol. The molecule has 1 N–H and O–H groups in total. The third-order valence-corrected chi connectivity index (χ3v) is 3.00. The monoisotopic (exact) mass is 286 g/mol. The Morgan fingerprint density at radius 1 is 1.58 bits per heavy atom. The van der Waals surface area contributed by atoms with Crippen LogP contribution in [0.2, 0.25) is 5.15 Å². The number of pyridine rings is 1. The Balaban J connectivity index is 2.74. The first kappa shape index (κ1) is 15.8. The predicted octanol–water partition coefficient (Wildman–Crippen LogP) is 1.77. The first-order valence-electron chi connectivity index (χ1n) is 6.20. The molecule has 0 saturated carbocycles. The minimum Gasteiger partial charge on any atom is -0.299 e. The van der Waals surface area contributed by atoms with Gasteiger partial charge in [0.1, 0.15) is 11.3 Å². The molecule has 0 spiro atoms. The highest BCUT2D eigenvalue weighted by Crippen LogP contribution is 2.10. The number of hydrogen-bond donors (Lipinski definition) is 1. The maximum atomic E-state index is 10.7. The topological polar surface area (TPSA) is 71.3 Å². The summed E-state index contributed by atoms with van der Waals surface area (Å²) in [5.41, 5.74) is 0.987. The maximum absolute atomic E-state index is 10.7.